The number of likely N-dealkylation sites (tertiary alicyclic amines) is 1. The van der Waals surface area contributed by atoms with Crippen molar-refractivity contribution in [3.05, 3.63) is 60.2 Å². The van der Waals surface area contributed by atoms with E-state index in [1.165, 1.54) is 19.3 Å². The standard InChI is InChI=1S/C31H35N5O2/c1-35-14-4-8-25(35)19-38-31-33-28-15-21(26-9-3-6-20-5-2-7-22(18-37)29(20)26)10-13-27(28)30(34-31)36-23-11-12-24(36)17-32-16-23/h2-3,5-7,9-10,13,15,23-25,32,37H,4,8,11-12,14,16-19H2,1H3/t23-,24+,25-/m0/s1. The Kier molecular flexibility index (Phi) is 6.15. The Morgan fingerprint density at radius 2 is 1.82 bits per heavy atom. The van der Waals surface area contributed by atoms with Gasteiger partial charge in [-0.25, -0.2) is 0 Å². The molecule has 0 amide bonds. The van der Waals surface area contributed by atoms with Crippen LogP contribution in [0.4, 0.5) is 5.82 Å². The van der Waals surface area contributed by atoms with Gasteiger partial charge in [0.05, 0.1) is 12.1 Å². The Morgan fingerprint density at radius 3 is 2.58 bits per heavy atom. The first-order valence-corrected chi connectivity index (χ1v) is 14.0. The summed E-state index contributed by atoms with van der Waals surface area (Å²) in [4.78, 5) is 14.9. The lowest BCUT2D eigenvalue weighted by atomic mass is 9.94. The average molecular weight is 510 g/mol. The third kappa shape index (κ3) is 4.10. The summed E-state index contributed by atoms with van der Waals surface area (Å²) in [6.07, 6.45) is 4.73. The quantitative estimate of drug-likeness (QED) is 0.400. The van der Waals surface area contributed by atoms with Crippen LogP contribution >= 0.6 is 0 Å². The zero-order valence-corrected chi connectivity index (χ0v) is 21.9. The first-order valence-electron chi connectivity index (χ1n) is 14.0. The molecule has 3 fully saturated rings. The molecule has 0 saturated carbocycles. The van der Waals surface area contributed by atoms with Crippen molar-refractivity contribution in [2.75, 3.05) is 38.2 Å². The van der Waals surface area contributed by atoms with Gasteiger partial charge in [-0.1, -0.05) is 42.5 Å². The number of ether oxygens (including phenoxy) is 1. The molecule has 196 valence electrons. The molecule has 3 atom stereocenters. The highest BCUT2D eigenvalue weighted by atomic mass is 16.5. The Morgan fingerprint density at radius 1 is 1.00 bits per heavy atom. The number of aliphatic hydroxyl groups excluding tert-OH is 1. The number of hydrogen-bond acceptors (Lipinski definition) is 7. The minimum atomic E-state index is 0.00757. The molecule has 2 N–H and O–H groups in total. The Hall–Kier alpha value is -3.26. The Bertz CT molecular complexity index is 1470. The fraction of sp³-hybridized carbons (Fsp3) is 0.419. The van der Waals surface area contributed by atoms with Gasteiger partial charge in [0.1, 0.15) is 12.4 Å². The summed E-state index contributed by atoms with van der Waals surface area (Å²) in [6, 6.07) is 20.7. The van der Waals surface area contributed by atoms with Crippen molar-refractivity contribution in [1.82, 2.24) is 20.2 Å². The van der Waals surface area contributed by atoms with E-state index in [2.05, 4.69) is 64.6 Å². The molecule has 0 unspecified atom stereocenters. The van der Waals surface area contributed by atoms with E-state index in [4.69, 9.17) is 14.7 Å². The van der Waals surface area contributed by atoms with Gasteiger partial charge >= 0.3 is 6.01 Å². The number of fused-ring (bicyclic) bond motifs is 4. The number of nitrogens with zero attached hydrogens (tertiary/aromatic N) is 4. The summed E-state index contributed by atoms with van der Waals surface area (Å²) in [5.41, 5.74) is 4.02. The van der Waals surface area contributed by atoms with Gasteiger partial charge in [-0.2, -0.15) is 9.97 Å². The van der Waals surface area contributed by atoms with Gasteiger partial charge in [0.15, 0.2) is 0 Å². The summed E-state index contributed by atoms with van der Waals surface area (Å²) >= 11 is 0. The second-order valence-electron chi connectivity index (χ2n) is 11.1. The lowest BCUT2D eigenvalue weighted by Gasteiger charge is -2.37. The molecule has 7 heteroatoms. The number of nitrogens with one attached hydrogen (secondary N) is 1. The minimum Gasteiger partial charge on any atom is -0.462 e. The molecule has 3 saturated heterocycles. The topological polar surface area (TPSA) is 73.8 Å². The predicted molar refractivity (Wildman–Crippen MR) is 152 cm³/mol. The van der Waals surface area contributed by atoms with Crippen LogP contribution in [0.1, 0.15) is 31.2 Å². The van der Waals surface area contributed by atoms with Crippen LogP contribution in [0.25, 0.3) is 32.8 Å². The zero-order valence-electron chi connectivity index (χ0n) is 21.9. The van der Waals surface area contributed by atoms with Crippen LogP contribution in [-0.2, 0) is 6.61 Å². The number of anilines is 1. The van der Waals surface area contributed by atoms with E-state index in [9.17, 15) is 5.11 Å². The summed E-state index contributed by atoms with van der Waals surface area (Å²) in [5.74, 6) is 0.999. The molecule has 38 heavy (non-hydrogen) atoms. The van der Waals surface area contributed by atoms with Gasteiger partial charge in [0.25, 0.3) is 0 Å². The number of rotatable bonds is 6. The largest absolute Gasteiger partial charge is 0.462 e. The zero-order chi connectivity index (χ0) is 25.6. The molecule has 4 heterocycles. The van der Waals surface area contributed by atoms with Crippen LogP contribution in [-0.4, -0.2) is 71.4 Å². The van der Waals surface area contributed by atoms with Crippen LogP contribution in [0.2, 0.25) is 0 Å². The normalized spacial score (nSPS) is 23.5. The molecular formula is C31H35N5O2. The second-order valence-corrected chi connectivity index (χ2v) is 11.1. The second kappa shape index (κ2) is 9.80. The molecule has 7 nitrogen and oxygen atoms in total. The van der Waals surface area contributed by atoms with Crippen molar-refractivity contribution < 1.29 is 9.84 Å². The third-order valence-electron chi connectivity index (χ3n) is 8.83. The Labute approximate surface area is 223 Å². The molecule has 3 aromatic carbocycles. The monoisotopic (exact) mass is 509 g/mol. The molecule has 3 aliphatic heterocycles. The van der Waals surface area contributed by atoms with Crippen molar-refractivity contribution in [3.63, 3.8) is 0 Å². The number of hydrogen-bond donors (Lipinski definition) is 2. The minimum absolute atomic E-state index is 0.00757. The summed E-state index contributed by atoms with van der Waals surface area (Å²) < 4.78 is 6.30. The fourth-order valence-corrected chi connectivity index (χ4v) is 6.80. The first-order chi connectivity index (χ1) is 18.7. The fourth-order valence-electron chi connectivity index (χ4n) is 6.80. The van der Waals surface area contributed by atoms with E-state index in [-0.39, 0.29) is 6.61 Å². The number of benzene rings is 3. The summed E-state index contributed by atoms with van der Waals surface area (Å²) in [6.45, 7) is 3.71. The molecule has 0 aliphatic carbocycles. The smallest absolute Gasteiger partial charge is 0.319 e. The molecule has 1 aromatic heterocycles. The van der Waals surface area contributed by atoms with Crippen molar-refractivity contribution in [3.8, 4) is 17.1 Å². The Balaban J connectivity index is 1.35. The van der Waals surface area contributed by atoms with Gasteiger partial charge in [0, 0.05) is 36.6 Å². The van der Waals surface area contributed by atoms with E-state index in [0.717, 1.165) is 70.2 Å². The van der Waals surface area contributed by atoms with Crippen LogP contribution in [0, 0.1) is 0 Å². The van der Waals surface area contributed by atoms with Crippen LogP contribution in [0.5, 0.6) is 6.01 Å². The highest BCUT2D eigenvalue weighted by Crippen LogP contribution is 2.39. The van der Waals surface area contributed by atoms with Crippen LogP contribution < -0.4 is 15.0 Å². The number of aromatic nitrogens is 2. The van der Waals surface area contributed by atoms with Gasteiger partial charge in [0.2, 0.25) is 0 Å². The molecular weight excluding hydrogens is 474 g/mol. The van der Waals surface area contributed by atoms with Gasteiger partial charge < -0.3 is 25.0 Å². The maximum absolute atomic E-state index is 10.1. The predicted octanol–water partition coefficient (Wildman–Crippen LogP) is 4.36. The third-order valence-corrected chi connectivity index (χ3v) is 8.83. The van der Waals surface area contributed by atoms with Crippen molar-refractivity contribution >= 4 is 27.5 Å². The maximum atomic E-state index is 10.1. The SMILES string of the molecule is CN1CCC[C@H]1COc1nc(N2[C@@H]3CC[C@H]2CNC3)c2ccc(-c3cccc4cccc(CO)c34)cc2n1. The van der Waals surface area contributed by atoms with Gasteiger partial charge in [-0.15, -0.1) is 0 Å². The van der Waals surface area contributed by atoms with E-state index >= 15 is 0 Å². The number of likely N-dealkylation sites (N-methyl/N-ethyl adjacent to an activating group) is 1. The van der Waals surface area contributed by atoms with Crippen molar-refractivity contribution in [2.45, 2.75) is 50.4 Å². The van der Waals surface area contributed by atoms with Crippen LogP contribution in [0.15, 0.2) is 54.6 Å². The lowest BCUT2D eigenvalue weighted by molar-refractivity contribution is 0.188. The van der Waals surface area contributed by atoms with Gasteiger partial charge in [-0.3, -0.25) is 0 Å². The molecule has 0 spiro atoms. The van der Waals surface area contributed by atoms with Gasteiger partial charge in [-0.05, 0) is 78.9 Å². The summed E-state index contributed by atoms with van der Waals surface area (Å²) in [7, 11) is 2.17. The molecule has 4 aromatic rings. The molecule has 0 radical (unpaired) electrons. The van der Waals surface area contributed by atoms with E-state index in [0.29, 0.717) is 30.7 Å². The number of piperazine rings is 1. The lowest BCUT2D eigenvalue weighted by Crippen LogP contribution is -2.52. The van der Waals surface area contributed by atoms with Crippen LogP contribution in [0.3, 0.4) is 0 Å². The van der Waals surface area contributed by atoms with E-state index < -0.39 is 0 Å². The van der Waals surface area contributed by atoms with Crippen molar-refractivity contribution in [1.29, 1.82) is 0 Å². The summed E-state index contributed by atoms with van der Waals surface area (Å²) in [5, 5.41) is 16.9. The highest BCUT2D eigenvalue weighted by Gasteiger charge is 2.38. The van der Waals surface area contributed by atoms with E-state index in [1.54, 1.807) is 0 Å². The molecule has 2 bridgehead atoms. The molecule has 3 aliphatic rings. The maximum Gasteiger partial charge on any atom is 0.319 e. The van der Waals surface area contributed by atoms with E-state index in [1.807, 2.05) is 12.1 Å². The number of aliphatic hydroxyl groups is 1. The van der Waals surface area contributed by atoms with Crippen molar-refractivity contribution in [2.24, 2.45) is 0 Å². The first kappa shape index (κ1) is 23.8. The average Bonchev–Trinajstić information content (AvgIpc) is 3.47. The molecule has 7 rings (SSSR count). The highest BCUT2D eigenvalue weighted by molar-refractivity contribution is 6.01.